The summed E-state index contributed by atoms with van der Waals surface area (Å²) in [5.74, 6) is -0.189. The number of carbonyl (C=O) groups excluding carboxylic acids is 1. The third kappa shape index (κ3) is 2.54. The van der Waals surface area contributed by atoms with Gasteiger partial charge in [-0.1, -0.05) is 38.0 Å². The van der Waals surface area contributed by atoms with Crippen LogP contribution in [0.2, 0.25) is 0 Å². The number of ketones is 1. The van der Waals surface area contributed by atoms with Crippen molar-refractivity contribution in [3.8, 4) is 0 Å². The molecule has 1 heterocycles. The molecule has 2 aromatic rings. The predicted molar refractivity (Wildman–Crippen MR) is 89.8 cm³/mol. The highest BCUT2D eigenvalue weighted by atomic mass is 16.1. The van der Waals surface area contributed by atoms with Crippen molar-refractivity contribution in [2.75, 3.05) is 5.32 Å². The van der Waals surface area contributed by atoms with Crippen LogP contribution in [0.1, 0.15) is 55.5 Å². The van der Waals surface area contributed by atoms with E-state index < -0.39 is 0 Å². The van der Waals surface area contributed by atoms with Gasteiger partial charge in [-0.25, -0.2) is 0 Å². The molecule has 0 atom stereocenters. The lowest BCUT2D eigenvalue weighted by Crippen LogP contribution is -2.24. The van der Waals surface area contributed by atoms with E-state index in [0.29, 0.717) is 11.7 Å². The molecule has 116 valence electrons. The van der Waals surface area contributed by atoms with Crippen LogP contribution in [0.3, 0.4) is 0 Å². The number of benzene rings is 1. The number of aromatic amines is 1. The first kappa shape index (κ1) is 14.8. The second-order valence-electron chi connectivity index (χ2n) is 6.08. The van der Waals surface area contributed by atoms with Crippen molar-refractivity contribution in [2.45, 2.75) is 52.0 Å². The number of nitrogens with one attached hydrogen (secondary N) is 2. The molecule has 1 aromatic carbocycles. The van der Waals surface area contributed by atoms with E-state index in [1.807, 2.05) is 18.2 Å². The number of carbonyl (C=O) groups is 1. The summed E-state index contributed by atoms with van der Waals surface area (Å²) in [5, 5.41) is 4.43. The fraction of sp³-hybridized carbons (Fsp3) is 0.444. The van der Waals surface area contributed by atoms with Crippen LogP contribution in [-0.4, -0.2) is 16.8 Å². The molecule has 4 nitrogen and oxygen atoms in total. The molecule has 0 saturated heterocycles. The maximum Gasteiger partial charge on any atom is 0.261 e. The molecule has 0 aliphatic heterocycles. The molecule has 1 aliphatic rings. The van der Waals surface area contributed by atoms with Gasteiger partial charge in [0.2, 0.25) is 0 Å². The number of anilines is 1. The first-order chi connectivity index (χ1) is 10.6. The standard InChI is InChI=1S/C18H22N2O2/c1-3-12-7-6-10-14-16(12)20-18(22)15(11(2)21)17(14)19-13-8-4-5-9-13/h6-7,10,13H,3-5,8-9H2,1-2H3,(H2,19,20,22). The molecule has 0 unspecified atom stereocenters. The zero-order valence-electron chi connectivity index (χ0n) is 13.2. The van der Waals surface area contributed by atoms with Gasteiger partial charge in [0.1, 0.15) is 5.56 Å². The van der Waals surface area contributed by atoms with Crippen molar-refractivity contribution in [1.29, 1.82) is 0 Å². The fourth-order valence-corrected chi connectivity index (χ4v) is 3.44. The topological polar surface area (TPSA) is 62.0 Å². The van der Waals surface area contributed by atoms with Crippen molar-refractivity contribution >= 4 is 22.4 Å². The third-order valence-electron chi connectivity index (χ3n) is 4.57. The number of hydrogen-bond acceptors (Lipinski definition) is 3. The number of aromatic nitrogens is 1. The largest absolute Gasteiger partial charge is 0.381 e. The number of H-pyrrole nitrogens is 1. The molecule has 1 aliphatic carbocycles. The van der Waals surface area contributed by atoms with Gasteiger partial charge in [-0.15, -0.1) is 0 Å². The molecule has 0 radical (unpaired) electrons. The summed E-state index contributed by atoms with van der Waals surface area (Å²) in [7, 11) is 0. The van der Waals surface area contributed by atoms with E-state index in [-0.39, 0.29) is 16.9 Å². The Labute approximate surface area is 129 Å². The number of hydrogen-bond donors (Lipinski definition) is 2. The highest BCUT2D eigenvalue weighted by molar-refractivity contribution is 6.07. The van der Waals surface area contributed by atoms with Crippen molar-refractivity contribution in [3.63, 3.8) is 0 Å². The maximum atomic E-state index is 12.4. The molecule has 4 heteroatoms. The van der Waals surface area contributed by atoms with Gasteiger partial charge >= 0.3 is 0 Å². The zero-order valence-corrected chi connectivity index (χ0v) is 13.2. The van der Waals surface area contributed by atoms with E-state index >= 15 is 0 Å². The van der Waals surface area contributed by atoms with Gasteiger partial charge in [-0.2, -0.15) is 0 Å². The SMILES string of the molecule is CCc1cccc2c(NC3CCCC3)c(C(C)=O)c(=O)[nH]c12. The second kappa shape index (κ2) is 5.95. The van der Waals surface area contributed by atoms with Gasteiger partial charge in [0.25, 0.3) is 5.56 Å². The smallest absolute Gasteiger partial charge is 0.261 e. The second-order valence-corrected chi connectivity index (χ2v) is 6.08. The van der Waals surface area contributed by atoms with Crippen molar-refractivity contribution in [3.05, 3.63) is 39.7 Å². The van der Waals surface area contributed by atoms with Gasteiger partial charge in [-0.3, -0.25) is 9.59 Å². The van der Waals surface area contributed by atoms with E-state index in [1.165, 1.54) is 19.8 Å². The van der Waals surface area contributed by atoms with Gasteiger partial charge in [-0.05, 0) is 31.7 Å². The number of para-hydroxylation sites is 1. The van der Waals surface area contributed by atoms with Gasteiger partial charge in [0, 0.05) is 11.4 Å². The molecule has 2 N–H and O–H groups in total. The molecule has 22 heavy (non-hydrogen) atoms. The third-order valence-corrected chi connectivity index (χ3v) is 4.57. The summed E-state index contributed by atoms with van der Waals surface area (Å²) in [5.41, 5.74) is 2.63. The lowest BCUT2D eigenvalue weighted by molar-refractivity contribution is 0.101. The van der Waals surface area contributed by atoms with Gasteiger partial charge in [0.15, 0.2) is 5.78 Å². The molecule has 1 fully saturated rings. The quantitative estimate of drug-likeness (QED) is 0.847. The van der Waals surface area contributed by atoms with E-state index in [1.54, 1.807) is 0 Å². The van der Waals surface area contributed by atoms with E-state index in [2.05, 4.69) is 17.2 Å². The van der Waals surface area contributed by atoms with Gasteiger partial charge < -0.3 is 10.3 Å². The van der Waals surface area contributed by atoms with Crippen LogP contribution in [0, 0.1) is 0 Å². The monoisotopic (exact) mass is 298 g/mol. The Morgan fingerprint density at radius 3 is 2.68 bits per heavy atom. The summed E-state index contributed by atoms with van der Waals surface area (Å²) in [6, 6.07) is 6.34. The molecule has 0 bridgehead atoms. The Morgan fingerprint density at radius 2 is 2.05 bits per heavy atom. The molecule has 0 spiro atoms. The molecule has 1 aromatic heterocycles. The van der Waals surface area contributed by atoms with Crippen LogP contribution in [-0.2, 0) is 6.42 Å². The predicted octanol–water partition coefficient (Wildman–Crippen LogP) is 3.65. The van der Waals surface area contributed by atoms with Crippen LogP contribution in [0.5, 0.6) is 0 Å². The van der Waals surface area contributed by atoms with E-state index in [0.717, 1.165) is 35.7 Å². The first-order valence-corrected chi connectivity index (χ1v) is 8.07. The minimum atomic E-state index is -0.290. The Balaban J connectivity index is 2.25. The van der Waals surface area contributed by atoms with Crippen LogP contribution < -0.4 is 10.9 Å². The minimum absolute atomic E-state index is 0.189. The lowest BCUT2D eigenvalue weighted by Gasteiger charge is -2.19. The summed E-state index contributed by atoms with van der Waals surface area (Å²) < 4.78 is 0. The Hall–Kier alpha value is -2.10. The van der Waals surface area contributed by atoms with Crippen molar-refractivity contribution in [1.82, 2.24) is 4.98 Å². The molecule has 3 rings (SSSR count). The van der Waals surface area contributed by atoms with Crippen LogP contribution in [0.4, 0.5) is 5.69 Å². The van der Waals surface area contributed by atoms with Crippen molar-refractivity contribution < 1.29 is 4.79 Å². The number of pyridine rings is 1. The highest BCUT2D eigenvalue weighted by Gasteiger charge is 2.22. The average Bonchev–Trinajstić information content (AvgIpc) is 2.99. The van der Waals surface area contributed by atoms with Gasteiger partial charge in [0.05, 0.1) is 11.2 Å². The zero-order chi connectivity index (χ0) is 15.7. The fourth-order valence-electron chi connectivity index (χ4n) is 3.44. The summed E-state index contributed by atoms with van der Waals surface area (Å²) in [4.78, 5) is 27.3. The van der Waals surface area contributed by atoms with Crippen LogP contribution >= 0.6 is 0 Å². The lowest BCUT2D eigenvalue weighted by atomic mass is 10.0. The molecular weight excluding hydrogens is 276 g/mol. The highest BCUT2D eigenvalue weighted by Crippen LogP contribution is 2.30. The molecule has 1 saturated carbocycles. The summed E-state index contributed by atoms with van der Waals surface area (Å²) in [6.07, 6.45) is 5.44. The Morgan fingerprint density at radius 1 is 1.32 bits per heavy atom. The maximum absolute atomic E-state index is 12.4. The summed E-state index contributed by atoms with van der Waals surface area (Å²) in [6.45, 7) is 3.52. The number of aryl methyl sites for hydroxylation is 1. The van der Waals surface area contributed by atoms with Crippen molar-refractivity contribution in [2.24, 2.45) is 0 Å². The number of rotatable bonds is 4. The number of Topliss-reactive ketones (excluding diaryl/α,β-unsaturated/α-hetero) is 1. The normalized spacial score (nSPS) is 15.4. The molecule has 0 amide bonds. The van der Waals surface area contributed by atoms with E-state index in [9.17, 15) is 9.59 Å². The van der Waals surface area contributed by atoms with Crippen LogP contribution in [0.15, 0.2) is 23.0 Å². The average molecular weight is 298 g/mol. The number of fused-ring (bicyclic) bond motifs is 1. The Kier molecular flexibility index (Phi) is 4.01. The first-order valence-electron chi connectivity index (χ1n) is 8.07. The van der Waals surface area contributed by atoms with E-state index in [4.69, 9.17) is 0 Å². The van der Waals surface area contributed by atoms with Crippen LogP contribution in [0.25, 0.3) is 10.9 Å². The minimum Gasteiger partial charge on any atom is -0.381 e. The Bertz CT molecular complexity index is 770. The summed E-state index contributed by atoms with van der Waals surface area (Å²) >= 11 is 0. The molecular formula is C18H22N2O2.